The van der Waals surface area contributed by atoms with Crippen LogP contribution in [0.15, 0.2) is 71.6 Å². The maximum atomic E-state index is 13.9. The Morgan fingerprint density at radius 3 is 2.14 bits per heavy atom. The van der Waals surface area contributed by atoms with E-state index in [0.717, 1.165) is 16.4 Å². The molecule has 0 saturated heterocycles. The number of nitrogens with one attached hydrogen (secondary N) is 1. The fraction of sp³-hybridized carbons (Fsp3) is 0.200. The number of rotatable bonds is 9. The van der Waals surface area contributed by atoms with Crippen molar-refractivity contribution in [2.75, 3.05) is 17.9 Å². The highest BCUT2D eigenvalue weighted by Crippen LogP contribution is 2.30. The van der Waals surface area contributed by atoms with Crippen LogP contribution in [0.3, 0.4) is 0 Å². The van der Waals surface area contributed by atoms with Crippen molar-refractivity contribution in [3.63, 3.8) is 0 Å². The normalized spacial score (nSPS) is 12.1. The van der Waals surface area contributed by atoms with Crippen LogP contribution in [0.4, 0.5) is 10.1 Å². The first kappa shape index (κ1) is 28.7. The van der Waals surface area contributed by atoms with Gasteiger partial charge >= 0.3 is 0 Å². The SMILES string of the molecule is CNC(=O)[C@@H](C)N(Cc1c(Cl)cccc1Cl)C(=O)CN(c1ccc(F)c(Cl)c1)S(=O)(=O)c1ccccc1. The predicted molar refractivity (Wildman–Crippen MR) is 143 cm³/mol. The van der Waals surface area contributed by atoms with Crippen LogP contribution < -0.4 is 9.62 Å². The number of carbonyl (C=O) groups is 2. The molecule has 0 unspecified atom stereocenters. The number of halogens is 4. The molecular formula is C25H23Cl3FN3O4S. The second-order valence-electron chi connectivity index (χ2n) is 7.94. The van der Waals surface area contributed by atoms with Gasteiger partial charge in [0.25, 0.3) is 10.0 Å². The van der Waals surface area contributed by atoms with E-state index in [0.29, 0.717) is 5.56 Å². The van der Waals surface area contributed by atoms with Crippen molar-refractivity contribution in [3.05, 3.63) is 93.2 Å². The van der Waals surface area contributed by atoms with Gasteiger partial charge in [-0.25, -0.2) is 12.8 Å². The molecule has 0 aromatic heterocycles. The Balaban J connectivity index is 2.08. The third-order valence-corrected chi connectivity index (χ3v) is 8.39. The zero-order chi connectivity index (χ0) is 27.3. The maximum Gasteiger partial charge on any atom is 0.264 e. The van der Waals surface area contributed by atoms with Gasteiger partial charge in [-0.2, -0.15) is 0 Å². The highest BCUT2D eigenvalue weighted by Gasteiger charge is 2.33. The van der Waals surface area contributed by atoms with Crippen molar-refractivity contribution in [2.24, 2.45) is 0 Å². The average molecular weight is 587 g/mol. The van der Waals surface area contributed by atoms with Gasteiger partial charge in [0.15, 0.2) is 0 Å². The van der Waals surface area contributed by atoms with Gasteiger partial charge in [-0.1, -0.05) is 59.1 Å². The van der Waals surface area contributed by atoms with Crippen molar-refractivity contribution in [2.45, 2.75) is 24.4 Å². The molecule has 0 aliphatic carbocycles. The number of hydrogen-bond acceptors (Lipinski definition) is 4. The van der Waals surface area contributed by atoms with E-state index < -0.39 is 40.2 Å². The number of carbonyl (C=O) groups excluding carboxylic acids is 2. The Labute approximate surface area is 229 Å². The van der Waals surface area contributed by atoms with Gasteiger partial charge in [0.1, 0.15) is 18.4 Å². The van der Waals surface area contributed by atoms with Crippen LogP contribution >= 0.6 is 34.8 Å². The maximum absolute atomic E-state index is 13.9. The summed E-state index contributed by atoms with van der Waals surface area (Å²) in [6, 6.07) is 14.6. The summed E-state index contributed by atoms with van der Waals surface area (Å²) in [6.45, 7) is 0.601. The van der Waals surface area contributed by atoms with E-state index in [4.69, 9.17) is 34.8 Å². The lowest BCUT2D eigenvalue weighted by atomic mass is 10.1. The molecule has 0 spiro atoms. The summed E-state index contributed by atoms with van der Waals surface area (Å²) in [7, 11) is -2.89. The third kappa shape index (κ3) is 6.54. The molecule has 0 aliphatic rings. The molecular weight excluding hydrogens is 564 g/mol. The van der Waals surface area contributed by atoms with E-state index in [2.05, 4.69) is 5.32 Å². The molecule has 0 bridgehead atoms. The van der Waals surface area contributed by atoms with Crippen molar-refractivity contribution in [1.29, 1.82) is 0 Å². The Morgan fingerprint density at radius 1 is 0.946 bits per heavy atom. The first-order chi connectivity index (χ1) is 17.5. The van der Waals surface area contributed by atoms with E-state index in [-0.39, 0.29) is 32.2 Å². The minimum absolute atomic E-state index is 0.0353. The van der Waals surface area contributed by atoms with Gasteiger partial charge in [-0.3, -0.25) is 13.9 Å². The number of sulfonamides is 1. The van der Waals surface area contributed by atoms with Crippen LogP contribution in [0.2, 0.25) is 15.1 Å². The summed E-state index contributed by atoms with van der Waals surface area (Å²) in [5, 5.41) is 2.70. The number of likely N-dealkylation sites (N-methyl/N-ethyl adjacent to an activating group) is 1. The first-order valence-electron chi connectivity index (χ1n) is 10.9. The monoisotopic (exact) mass is 585 g/mol. The van der Waals surface area contributed by atoms with Gasteiger partial charge in [-0.15, -0.1) is 0 Å². The van der Waals surface area contributed by atoms with Gasteiger partial charge < -0.3 is 10.2 Å². The van der Waals surface area contributed by atoms with Gasteiger partial charge in [0.05, 0.1) is 15.6 Å². The minimum Gasteiger partial charge on any atom is -0.357 e. The van der Waals surface area contributed by atoms with E-state index >= 15 is 0 Å². The lowest BCUT2D eigenvalue weighted by Gasteiger charge is -2.32. The van der Waals surface area contributed by atoms with E-state index in [1.807, 2.05) is 0 Å². The Kier molecular flexibility index (Phi) is 9.41. The lowest BCUT2D eigenvalue weighted by molar-refractivity contribution is -0.139. The summed E-state index contributed by atoms with van der Waals surface area (Å²) >= 11 is 18.5. The summed E-state index contributed by atoms with van der Waals surface area (Å²) in [4.78, 5) is 27.3. The quantitative estimate of drug-likeness (QED) is 0.376. The van der Waals surface area contributed by atoms with Gasteiger partial charge in [0.2, 0.25) is 11.8 Å². The van der Waals surface area contributed by atoms with E-state index in [9.17, 15) is 22.4 Å². The van der Waals surface area contributed by atoms with Crippen LogP contribution in [-0.4, -0.2) is 44.8 Å². The van der Waals surface area contributed by atoms with Crippen LogP contribution in [0, 0.1) is 5.82 Å². The number of benzene rings is 3. The van der Waals surface area contributed by atoms with Crippen molar-refractivity contribution in [3.8, 4) is 0 Å². The molecule has 1 N–H and O–H groups in total. The zero-order valence-corrected chi connectivity index (χ0v) is 22.9. The van der Waals surface area contributed by atoms with Crippen LogP contribution in [0.1, 0.15) is 12.5 Å². The summed E-state index contributed by atoms with van der Waals surface area (Å²) in [5.74, 6) is -1.97. The summed E-state index contributed by atoms with van der Waals surface area (Å²) in [6.07, 6.45) is 0. The molecule has 7 nitrogen and oxygen atoms in total. The molecule has 37 heavy (non-hydrogen) atoms. The highest BCUT2D eigenvalue weighted by molar-refractivity contribution is 7.92. The smallest absolute Gasteiger partial charge is 0.264 e. The van der Waals surface area contributed by atoms with Crippen molar-refractivity contribution < 1.29 is 22.4 Å². The van der Waals surface area contributed by atoms with Crippen molar-refractivity contribution in [1.82, 2.24) is 10.2 Å². The van der Waals surface area contributed by atoms with Gasteiger partial charge in [0, 0.05) is 29.2 Å². The minimum atomic E-state index is -4.30. The summed E-state index contributed by atoms with van der Waals surface area (Å²) in [5.41, 5.74) is 0.351. The van der Waals surface area contributed by atoms with E-state index in [1.54, 1.807) is 24.3 Å². The largest absolute Gasteiger partial charge is 0.357 e. The fourth-order valence-corrected chi connectivity index (χ4v) is 5.65. The molecule has 0 aliphatic heterocycles. The summed E-state index contributed by atoms with van der Waals surface area (Å²) < 4.78 is 41.9. The Morgan fingerprint density at radius 2 is 1.57 bits per heavy atom. The Hall–Kier alpha value is -2.85. The molecule has 3 aromatic rings. The predicted octanol–water partition coefficient (Wildman–Crippen LogP) is 5.14. The first-order valence-corrected chi connectivity index (χ1v) is 13.5. The van der Waals surface area contributed by atoms with E-state index in [1.165, 1.54) is 49.2 Å². The second-order valence-corrected chi connectivity index (χ2v) is 11.0. The standard InChI is InChI=1S/C25H23Cl3FN3O4S/c1-16(25(34)30-2)31(14-19-20(26)9-6-10-21(19)27)24(33)15-32(17-11-12-23(29)22(28)13-17)37(35,36)18-7-4-3-5-8-18/h3-13,16H,14-15H2,1-2H3,(H,30,34)/t16-/m1/s1. The van der Waals surface area contributed by atoms with Crippen LogP contribution in [0.5, 0.6) is 0 Å². The molecule has 0 heterocycles. The second kappa shape index (κ2) is 12.1. The van der Waals surface area contributed by atoms with Crippen molar-refractivity contribution >= 4 is 62.3 Å². The fourth-order valence-electron chi connectivity index (χ4n) is 3.53. The highest BCUT2D eigenvalue weighted by atomic mass is 35.5. The molecule has 0 radical (unpaired) electrons. The van der Waals surface area contributed by atoms with Crippen LogP contribution in [-0.2, 0) is 26.2 Å². The molecule has 3 aromatic carbocycles. The molecule has 1 atom stereocenters. The third-order valence-electron chi connectivity index (χ3n) is 5.61. The zero-order valence-electron chi connectivity index (χ0n) is 19.8. The molecule has 0 saturated carbocycles. The number of amides is 2. The number of nitrogens with zero attached hydrogens (tertiary/aromatic N) is 2. The molecule has 196 valence electrons. The topological polar surface area (TPSA) is 86.8 Å². The van der Waals surface area contributed by atoms with Gasteiger partial charge in [-0.05, 0) is 49.4 Å². The Bertz CT molecular complexity index is 1390. The molecule has 2 amide bonds. The molecule has 12 heteroatoms. The molecule has 3 rings (SSSR count). The lowest BCUT2D eigenvalue weighted by Crippen LogP contribution is -2.50. The average Bonchev–Trinajstić information content (AvgIpc) is 2.88. The van der Waals surface area contributed by atoms with Crippen LogP contribution in [0.25, 0.3) is 0 Å². The number of anilines is 1. The molecule has 0 fully saturated rings. The number of hydrogen-bond donors (Lipinski definition) is 1.